The Labute approximate surface area is 189 Å². The SMILES string of the molecule is Cc1cc2ncnc(NC3CC3)c2cc1-c1cccc(CN(C(=O)CN(C)C)C2CC2)c1. The predicted molar refractivity (Wildman–Crippen MR) is 128 cm³/mol. The van der Waals surface area contributed by atoms with Gasteiger partial charge in [-0.3, -0.25) is 4.79 Å². The molecule has 0 spiro atoms. The van der Waals surface area contributed by atoms with Crippen molar-refractivity contribution < 1.29 is 4.79 Å². The summed E-state index contributed by atoms with van der Waals surface area (Å²) in [5.74, 6) is 1.13. The Morgan fingerprint density at radius 2 is 1.91 bits per heavy atom. The van der Waals surface area contributed by atoms with Crippen molar-refractivity contribution in [2.24, 2.45) is 0 Å². The van der Waals surface area contributed by atoms with Gasteiger partial charge in [0.1, 0.15) is 12.1 Å². The fraction of sp³-hybridized carbons (Fsp3) is 0.423. The molecule has 5 rings (SSSR count). The number of nitrogens with one attached hydrogen (secondary N) is 1. The van der Waals surface area contributed by atoms with Crippen LogP contribution in [0.5, 0.6) is 0 Å². The lowest BCUT2D eigenvalue weighted by atomic mass is 9.96. The summed E-state index contributed by atoms with van der Waals surface area (Å²) in [7, 11) is 3.89. The molecule has 0 saturated heterocycles. The molecule has 3 aromatic rings. The molecule has 1 N–H and O–H groups in total. The minimum atomic E-state index is 0.206. The van der Waals surface area contributed by atoms with Crippen molar-refractivity contribution in [1.82, 2.24) is 19.8 Å². The zero-order valence-electron chi connectivity index (χ0n) is 19.1. The Morgan fingerprint density at radius 3 is 2.62 bits per heavy atom. The van der Waals surface area contributed by atoms with Crippen molar-refractivity contribution in [3.8, 4) is 11.1 Å². The Morgan fingerprint density at radius 1 is 1.09 bits per heavy atom. The van der Waals surface area contributed by atoms with Crippen LogP contribution in [0.4, 0.5) is 5.82 Å². The maximum Gasteiger partial charge on any atom is 0.237 e. The van der Waals surface area contributed by atoms with Crippen molar-refractivity contribution in [1.29, 1.82) is 0 Å². The summed E-state index contributed by atoms with van der Waals surface area (Å²) in [5.41, 5.74) is 5.68. The summed E-state index contributed by atoms with van der Waals surface area (Å²) in [4.78, 5) is 25.8. The smallest absolute Gasteiger partial charge is 0.237 e. The molecule has 1 amide bonds. The molecule has 2 fully saturated rings. The van der Waals surface area contributed by atoms with E-state index in [2.05, 4.69) is 63.5 Å². The van der Waals surface area contributed by atoms with E-state index >= 15 is 0 Å². The summed E-state index contributed by atoms with van der Waals surface area (Å²) >= 11 is 0. The van der Waals surface area contributed by atoms with Crippen molar-refractivity contribution in [2.75, 3.05) is 26.0 Å². The molecule has 0 bridgehead atoms. The lowest BCUT2D eigenvalue weighted by Gasteiger charge is -2.24. The molecule has 1 heterocycles. The van der Waals surface area contributed by atoms with Crippen LogP contribution in [0.25, 0.3) is 22.0 Å². The number of rotatable bonds is 8. The minimum Gasteiger partial charge on any atom is -0.367 e. The van der Waals surface area contributed by atoms with E-state index < -0.39 is 0 Å². The number of aromatic nitrogens is 2. The van der Waals surface area contributed by atoms with E-state index in [1.807, 2.05) is 19.0 Å². The molecule has 0 atom stereocenters. The molecule has 2 aliphatic rings. The molecule has 32 heavy (non-hydrogen) atoms. The highest BCUT2D eigenvalue weighted by atomic mass is 16.2. The van der Waals surface area contributed by atoms with Crippen LogP contribution >= 0.6 is 0 Å². The van der Waals surface area contributed by atoms with E-state index in [0.717, 1.165) is 29.6 Å². The molecule has 0 unspecified atom stereocenters. The first-order valence-electron chi connectivity index (χ1n) is 11.5. The normalized spacial score (nSPS) is 15.9. The fourth-order valence-corrected chi connectivity index (χ4v) is 4.26. The minimum absolute atomic E-state index is 0.206. The summed E-state index contributed by atoms with van der Waals surface area (Å²) in [6.45, 7) is 3.25. The van der Waals surface area contributed by atoms with Gasteiger partial charge in [0.15, 0.2) is 0 Å². The van der Waals surface area contributed by atoms with Gasteiger partial charge in [-0.1, -0.05) is 18.2 Å². The Balaban J connectivity index is 1.45. The summed E-state index contributed by atoms with van der Waals surface area (Å²) in [6, 6.07) is 13.9. The molecule has 6 nitrogen and oxygen atoms in total. The highest BCUT2D eigenvalue weighted by molar-refractivity contribution is 5.94. The van der Waals surface area contributed by atoms with E-state index in [1.54, 1.807) is 6.33 Å². The summed E-state index contributed by atoms with van der Waals surface area (Å²) < 4.78 is 0. The van der Waals surface area contributed by atoms with Crippen LogP contribution in [0.15, 0.2) is 42.7 Å². The first-order chi connectivity index (χ1) is 15.5. The van der Waals surface area contributed by atoms with Gasteiger partial charge in [-0.2, -0.15) is 0 Å². The van der Waals surface area contributed by atoms with Gasteiger partial charge in [0, 0.05) is 24.0 Å². The molecule has 166 valence electrons. The van der Waals surface area contributed by atoms with Crippen LogP contribution in [-0.2, 0) is 11.3 Å². The average Bonchev–Trinajstić information content (AvgIpc) is 3.66. The number of carbonyl (C=O) groups excluding carboxylic acids is 1. The van der Waals surface area contributed by atoms with Gasteiger partial charge < -0.3 is 15.1 Å². The summed E-state index contributed by atoms with van der Waals surface area (Å²) in [5, 5.41) is 4.60. The number of carbonyl (C=O) groups is 1. The maximum atomic E-state index is 12.8. The number of fused-ring (bicyclic) bond motifs is 1. The number of anilines is 1. The number of nitrogens with zero attached hydrogens (tertiary/aromatic N) is 4. The highest BCUT2D eigenvalue weighted by Crippen LogP contribution is 2.34. The van der Waals surface area contributed by atoms with Gasteiger partial charge in [-0.05, 0) is 87.2 Å². The van der Waals surface area contributed by atoms with Crippen LogP contribution in [0, 0.1) is 6.92 Å². The quantitative estimate of drug-likeness (QED) is 0.581. The third kappa shape index (κ3) is 4.60. The van der Waals surface area contributed by atoms with Gasteiger partial charge in [-0.15, -0.1) is 0 Å². The number of hydrogen-bond acceptors (Lipinski definition) is 5. The Kier molecular flexibility index (Phi) is 5.55. The monoisotopic (exact) mass is 429 g/mol. The van der Waals surface area contributed by atoms with Gasteiger partial charge >= 0.3 is 0 Å². The van der Waals surface area contributed by atoms with E-state index in [1.165, 1.54) is 35.1 Å². The van der Waals surface area contributed by atoms with E-state index in [4.69, 9.17) is 0 Å². The number of amides is 1. The second kappa shape index (κ2) is 8.51. The van der Waals surface area contributed by atoms with Crippen LogP contribution in [-0.4, -0.2) is 58.4 Å². The zero-order valence-corrected chi connectivity index (χ0v) is 19.1. The Bertz CT molecular complexity index is 1150. The Hall–Kier alpha value is -2.99. The fourth-order valence-electron chi connectivity index (χ4n) is 4.26. The standard InChI is InChI=1S/C26H31N5O/c1-17-11-24-23(26(28-16-27-24)29-20-7-8-20)13-22(17)19-6-4-5-18(12-19)14-31(21-9-10-21)25(32)15-30(2)3/h4-6,11-13,16,20-21H,7-10,14-15H2,1-3H3,(H,27,28,29). The van der Waals surface area contributed by atoms with Gasteiger partial charge in [-0.25, -0.2) is 9.97 Å². The zero-order chi connectivity index (χ0) is 22.2. The second-order valence-electron chi connectivity index (χ2n) is 9.52. The van der Waals surface area contributed by atoms with Crippen LogP contribution in [0.1, 0.15) is 36.8 Å². The van der Waals surface area contributed by atoms with Crippen LogP contribution in [0.3, 0.4) is 0 Å². The number of likely N-dealkylation sites (N-methyl/N-ethyl adjacent to an activating group) is 1. The van der Waals surface area contributed by atoms with Crippen molar-refractivity contribution in [2.45, 2.75) is 51.2 Å². The molecule has 1 aromatic heterocycles. The number of benzene rings is 2. The molecule has 6 heteroatoms. The topological polar surface area (TPSA) is 61.4 Å². The third-order valence-electron chi connectivity index (χ3n) is 6.25. The van der Waals surface area contributed by atoms with E-state index in [0.29, 0.717) is 25.2 Å². The van der Waals surface area contributed by atoms with Crippen molar-refractivity contribution in [3.05, 3.63) is 53.9 Å². The lowest BCUT2D eigenvalue weighted by Crippen LogP contribution is -2.38. The van der Waals surface area contributed by atoms with Gasteiger partial charge in [0.2, 0.25) is 5.91 Å². The summed E-state index contributed by atoms with van der Waals surface area (Å²) in [6.07, 6.45) is 6.27. The molecular weight excluding hydrogens is 398 g/mol. The maximum absolute atomic E-state index is 12.8. The molecule has 2 aromatic carbocycles. The lowest BCUT2D eigenvalue weighted by molar-refractivity contribution is -0.133. The predicted octanol–water partition coefficient (Wildman–Crippen LogP) is 4.23. The van der Waals surface area contributed by atoms with E-state index in [9.17, 15) is 4.79 Å². The van der Waals surface area contributed by atoms with E-state index in [-0.39, 0.29) is 5.91 Å². The molecule has 0 aliphatic heterocycles. The second-order valence-corrected chi connectivity index (χ2v) is 9.52. The number of hydrogen-bond donors (Lipinski definition) is 1. The highest BCUT2D eigenvalue weighted by Gasteiger charge is 2.32. The molecular formula is C26H31N5O. The first kappa shape index (κ1) is 20.9. The average molecular weight is 430 g/mol. The molecule has 2 aliphatic carbocycles. The molecule has 0 radical (unpaired) electrons. The largest absolute Gasteiger partial charge is 0.367 e. The van der Waals surface area contributed by atoms with Crippen LogP contribution in [0.2, 0.25) is 0 Å². The first-order valence-corrected chi connectivity index (χ1v) is 11.5. The van der Waals surface area contributed by atoms with Crippen molar-refractivity contribution in [3.63, 3.8) is 0 Å². The van der Waals surface area contributed by atoms with Gasteiger partial charge in [0.25, 0.3) is 0 Å². The van der Waals surface area contributed by atoms with Crippen LogP contribution < -0.4 is 5.32 Å². The number of aryl methyl sites for hydroxylation is 1. The molecule has 2 saturated carbocycles. The van der Waals surface area contributed by atoms with Gasteiger partial charge in [0.05, 0.1) is 12.1 Å². The van der Waals surface area contributed by atoms with Crippen molar-refractivity contribution >= 4 is 22.6 Å². The third-order valence-corrected chi connectivity index (χ3v) is 6.25.